The summed E-state index contributed by atoms with van der Waals surface area (Å²) in [5.74, 6) is 0.174. The Hall–Kier alpha value is -1.40. The monoisotopic (exact) mass is 335 g/mol. The topological polar surface area (TPSA) is 66.6 Å². The maximum absolute atomic E-state index is 12.8. The summed E-state index contributed by atoms with van der Waals surface area (Å²) in [4.78, 5) is 28.9. The SMILES string of the molecule is CC1(N)CCCCC1C(=O)N1CCN(C(=O)c2ccsc2)CC1. The third kappa shape index (κ3) is 3.43. The fraction of sp³-hybridized carbons (Fsp3) is 0.647. The maximum atomic E-state index is 12.8. The molecule has 1 aliphatic heterocycles. The molecule has 2 unspecified atom stereocenters. The second kappa shape index (κ2) is 6.61. The molecular formula is C17H25N3O2S. The molecule has 0 spiro atoms. The summed E-state index contributed by atoms with van der Waals surface area (Å²) < 4.78 is 0. The summed E-state index contributed by atoms with van der Waals surface area (Å²) in [6.07, 6.45) is 4.00. The van der Waals surface area contributed by atoms with Gasteiger partial charge in [-0.25, -0.2) is 0 Å². The van der Waals surface area contributed by atoms with E-state index in [4.69, 9.17) is 5.73 Å². The molecule has 1 saturated heterocycles. The van der Waals surface area contributed by atoms with Gasteiger partial charge in [0.1, 0.15) is 0 Å². The van der Waals surface area contributed by atoms with E-state index in [-0.39, 0.29) is 23.3 Å². The highest BCUT2D eigenvalue weighted by atomic mass is 32.1. The molecular weight excluding hydrogens is 310 g/mol. The Morgan fingerprint density at radius 2 is 1.91 bits per heavy atom. The molecule has 2 heterocycles. The Labute approximate surface area is 141 Å². The van der Waals surface area contributed by atoms with Gasteiger partial charge in [0.15, 0.2) is 0 Å². The van der Waals surface area contributed by atoms with Gasteiger partial charge in [0, 0.05) is 37.1 Å². The molecule has 2 fully saturated rings. The molecule has 0 bridgehead atoms. The molecule has 2 amide bonds. The van der Waals surface area contributed by atoms with Crippen LogP contribution < -0.4 is 5.73 Å². The number of thiophene rings is 1. The molecule has 6 heteroatoms. The predicted octanol–water partition coefficient (Wildman–Crippen LogP) is 1.94. The summed E-state index contributed by atoms with van der Waals surface area (Å²) >= 11 is 1.53. The molecule has 3 rings (SSSR count). The first-order chi connectivity index (χ1) is 11.0. The number of nitrogens with zero attached hydrogens (tertiary/aromatic N) is 2. The normalized spacial score (nSPS) is 28.7. The first kappa shape index (κ1) is 16.5. The largest absolute Gasteiger partial charge is 0.339 e. The average molecular weight is 335 g/mol. The van der Waals surface area contributed by atoms with Crippen molar-refractivity contribution in [1.82, 2.24) is 9.80 Å². The van der Waals surface area contributed by atoms with Gasteiger partial charge in [-0.05, 0) is 31.2 Å². The molecule has 1 aromatic rings. The summed E-state index contributed by atoms with van der Waals surface area (Å²) in [6, 6.07) is 1.85. The number of hydrogen-bond acceptors (Lipinski definition) is 4. The smallest absolute Gasteiger partial charge is 0.254 e. The highest BCUT2D eigenvalue weighted by molar-refractivity contribution is 7.08. The van der Waals surface area contributed by atoms with Crippen LogP contribution in [0.25, 0.3) is 0 Å². The van der Waals surface area contributed by atoms with Crippen LogP contribution >= 0.6 is 11.3 Å². The molecule has 5 nitrogen and oxygen atoms in total. The van der Waals surface area contributed by atoms with Gasteiger partial charge < -0.3 is 15.5 Å². The molecule has 2 N–H and O–H groups in total. The lowest BCUT2D eigenvalue weighted by Crippen LogP contribution is -2.57. The van der Waals surface area contributed by atoms with E-state index >= 15 is 0 Å². The minimum atomic E-state index is -0.390. The minimum absolute atomic E-state index is 0.0691. The lowest BCUT2D eigenvalue weighted by atomic mass is 9.74. The van der Waals surface area contributed by atoms with E-state index < -0.39 is 0 Å². The van der Waals surface area contributed by atoms with Crippen LogP contribution in [0.4, 0.5) is 0 Å². The number of carbonyl (C=O) groups excluding carboxylic acids is 2. The molecule has 1 saturated carbocycles. The summed E-state index contributed by atoms with van der Waals surface area (Å²) in [5.41, 5.74) is 6.72. The van der Waals surface area contributed by atoms with Gasteiger partial charge in [-0.2, -0.15) is 11.3 Å². The van der Waals surface area contributed by atoms with Crippen LogP contribution in [0.5, 0.6) is 0 Å². The van der Waals surface area contributed by atoms with Crippen molar-refractivity contribution in [3.05, 3.63) is 22.4 Å². The van der Waals surface area contributed by atoms with Gasteiger partial charge in [-0.15, -0.1) is 0 Å². The molecule has 2 atom stereocenters. The number of hydrogen-bond donors (Lipinski definition) is 1. The summed E-state index contributed by atoms with van der Waals surface area (Å²) in [5, 5.41) is 3.79. The van der Waals surface area contributed by atoms with E-state index in [2.05, 4.69) is 0 Å². The second-order valence-electron chi connectivity index (χ2n) is 6.93. The van der Waals surface area contributed by atoms with E-state index in [1.807, 2.05) is 33.6 Å². The Bertz CT molecular complexity index is 562. The fourth-order valence-corrected chi connectivity index (χ4v) is 4.31. The van der Waals surface area contributed by atoms with Crippen LogP contribution in [0.2, 0.25) is 0 Å². The first-order valence-electron chi connectivity index (χ1n) is 8.38. The van der Waals surface area contributed by atoms with Crippen molar-refractivity contribution in [3.63, 3.8) is 0 Å². The highest BCUT2D eigenvalue weighted by Gasteiger charge is 2.40. The minimum Gasteiger partial charge on any atom is -0.339 e. The molecule has 1 aliphatic carbocycles. The number of piperazine rings is 1. The van der Waals surface area contributed by atoms with Crippen molar-refractivity contribution in [1.29, 1.82) is 0 Å². The molecule has 2 aliphatic rings. The van der Waals surface area contributed by atoms with Crippen molar-refractivity contribution < 1.29 is 9.59 Å². The van der Waals surface area contributed by atoms with Crippen molar-refractivity contribution >= 4 is 23.2 Å². The molecule has 0 radical (unpaired) electrons. The van der Waals surface area contributed by atoms with Gasteiger partial charge in [0.05, 0.1) is 11.5 Å². The molecule has 0 aromatic carbocycles. The van der Waals surface area contributed by atoms with E-state index in [1.165, 1.54) is 11.3 Å². The van der Waals surface area contributed by atoms with Gasteiger partial charge in [-0.3, -0.25) is 9.59 Å². The average Bonchev–Trinajstić information content (AvgIpc) is 3.08. The van der Waals surface area contributed by atoms with Gasteiger partial charge in [-0.1, -0.05) is 12.8 Å². The third-order valence-electron chi connectivity index (χ3n) is 5.20. The zero-order valence-electron chi connectivity index (χ0n) is 13.7. The Kier molecular flexibility index (Phi) is 4.73. The Balaban J connectivity index is 1.58. The van der Waals surface area contributed by atoms with Gasteiger partial charge in [0.25, 0.3) is 5.91 Å². The number of carbonyl (C=O) groups is 2. The zero-order valence-corrected chi connectivity index (χ0v) is 14.5. The van der Waals surface area contributed by atoms with Crippen LogP contribution in [0.3, 0.4) is 0 Å². The molecule has 23 heavy (non-hydrogen) atoms. The van der Waals surface area contributed by atoms with Crippen molar-refractivity contribution in [3.8, 4) is 0 Å². The Morgan fingerprint density at radius 1 is 1.22 bits per heavy atom. The lowest BCUT2D eigenvalue weighted by Gasteiger charge is -2.42. The van der Waals surface area contributed by atoms with Crippen molar-refractivity contribution in [2.45, 2.75) is 38.1 Å². The number of amides is 2. The van der Waals surface area contributed by atoms with Crippen LogP contribution in [-0.4, -0.2) is 53.3 Å². The molecule has 1 aromatic heterocycles. The van der Waals surface area contributed by atoms with Crippen LogP contribution in [0, 0.1) is 5.92 Å². The standard InChI is InChI=1S/C17H25N3O2S/c1-17(18)6-3-2-4-14(17)16(22)20-9-7-19(8-10-20)15(21)13-5-11-23-12-13/h5,11-12,14H,2-4,6-10,18H2,1H3. The number of rotatable bonds is 2. The number of nitrogens with two attached hydrogens (primary N) is 1. The van der Waals surface area contributed by atoms with Crippen LogP contribution in [-0.2, 0) is 4.79 Å². The van der Waals surface area contributed by atoms with Crippen LogP contribution in [0.1, 0.15) is 43.0 Å². The quantitative estimate of drug-likeness (QED) is 0.898. The van der Waals surface area contributed by atoms with Crippen molar-refractivity contribution in [2.24, 2.45) is 11.7 Å². The lowest BCUT2D eigenvalue weighted by molar-refractivity contribution is -0.140. The summed E-state index contributed by atoms with van der Waals surface area (Å²) in [7, 11) is 0. The third-order valence-corrected chi connectivity index (χ3v) is 5.88. The van der Waals surface area contributed by atoms with E-state index in [9.17, 15) is 9.59 Å². The van der Waals surface area contributed by atoms with E-state index in [0.717, 1.165) is 31.2 Å². The van der Waals surface area contributed by atoms with Crippen molar-refractivity contribution in [2.75, 3.05) is 26.2 Å². The first-order valence-corrected chi connectivity index (χ1v) is 9.32. The highest BCUT2D eigenvalue weighted by Crippen LogP contribution is 2.33. The maximum Gasteiger partial charge on any atom is 0.254 e. The predicted molar refractivity (Wildman–Crippen MR) is 91.4 cm³/mol. The molecule has 126 valence electrons. The zero-order chi connectivity index (χ0) is 16.4. The second-order valence-corrected chi connectivity index (χ2v) is 7.71. The Morgan fingerprint density at radius 3 is 2.52 bits per heavy atom. The fourth-order valence-electron chi connectivity index (χ4n) is 3.68. The van der Waals surface area contributed by atoms with Crippen LogP contribution in [0.15, 0.2) is 16.8 Å². The van der Waals surface area contributed by atoms with Gasteiger partial charge >= 0.3 is 0 Å². The van der Waals surface area contributed by atoms with Gasteiger partial charge in [0.2, 0.25) is 5.91 Å². The van der Waals surface area contributed by atoms with E-state index in [0.29, 0.717) is 26.2 Å². The summed E-state index contributed by atoms with van der Waals surface area (Å²) in [6.45, 7) is 4.44. The van der Waals surface area contributed by atoms with E-state index in [1.54, 1.807) is 0 Å².